The summed E-state index contributed by atoms with van der Waals surface area (Å²) in [6.45, 7) is 1.05. The van der Waals surface area contributed by atoms with Crippen LogP contribution in [0.5, 0.6) is 5.75 Å². The van der Waals surface area contributed by atoms with Gasteiger partial charge < -0.3 is 9.64 Å². The molecule has 1 amide bonds. The van der Waals surface area contributed by atoms with Crippen LogP contribution in [-0.4, -0.2) is 32.1 Å². The van der Waals surface area contributed by atoms with Crippen molar-refractivity contribution >= 4 is 21.6 Å². The number of carbonyl (C=O) groups is 1. The molecular weight excluding hydrogens is 484 g/mol. The van der Waals surface area contributed by atoms with Gasteiger partial charge in [0.1, 0.15) is 5.75 Å². The summed E-state index contributed by atoms with van der Waals surface area (Å²) in [5, 5.41) is 0. The Labute approximate surface area is 218 Å². The standard InChI is InChI=1S/C30H30N2O4S/c1-37(34,35)32(23-27-15-9-4-10-16-27)28-17-19-29(20-18-28)36-24-30(33)31(21-25-11-5-2-6-12-25)22-26-13-7-3-8-14-26/h2-20H,21-24H2,1H3. The molecule has 4 rings (SSSR count). The van der Waals surface area contributed by atoms with Gasteiger partial charge in [0.15, 0.2) is 6.61 Å². The van der Waals surface area contributed by atoms with Crippen molar-refractivity contribution in [3.8, 4) is 5.75 Å². The number of hydrogen-bond donors (Lipinski definition) is 0. The van der Waals surface area contributed by atoms with Crippen molar-refractivity contribution in [2.24, 2.45) is 0 Å². The highest BCUT2D eigenvalue weighted by atomic mass is 32.2. The zero-order valence-corrected chi connectivity index (χ0v) is 21.6. The smallest absolute Gasteiger partial charge is 0.261 e. The number of hydrogen-bond acceptors (Lipinski definition) is 4. The second kappa shape index (κ2) is 12.2. The maximum atomic E-state index is 13.1. The lowest BCUT2D eigenvalue weighted by Crippen LogP contribution is -2.34. The van der Waals surface area contributed by atoms with E-state index in [1.54, 1.807) is 29.2 Å². The van der Waals surface area contributed by atoms with Crippen molar-refractivity contribution in [3.05, 3.63) is 132 Å². The Morgan fingerprint density at radius 3 is 1.51 bits per heavy atom. The van der Waals surface area contributed by atoms with Crippen LogP contribution in [0.15, 0.2) is 115 Å². The Balaban J connectivity index is 1.43. The number of sulfonamides is 1. The molecule has 0 N–H and O–H groups in total. The third kappa shape index (κ3) is 7.69. The number of rotatable bonds is 11. The second-order valence-corrected chi connectivity index (χ2v) is 10.7. The summed E-state index contributed by atoms with van der Waals surface area (Å²) < 4.78 is 32.1. The van der Waals surface area contributed by atoms with Gasteiger partial charge in [-0.15, -0.1) is 0 Å². The number of ether oxygens (including phenoxy) is 1. The van der Waals surface area contributed by atoms with E-state index in [1.807, 2.05) is 91.0 Å². The highest BCUT2D eigenvalue weighted by Crippen LogP contribution is 2.24. The van der Waals surface area contributed by atoms with Crippen LogP contribution < -0.4 is 9.04 Å². The van der Waals surface area contributed by atoms with Crippen molar-refractivity contribution in [3.63, 3.8) is 0 Å². The molecule has 0 unspecified atom stereocenters. The Bertz CT molecular complexity index is 1340. The summed E-state index contributed by atoms with van der Waals surface area (Å²) in [4.78, 5) is 14.9. The molecule has 0 spiro atoms. The van der Waals surface area contributed by atoms with Crippen LogP contribution in [-0.2, 0) is 34.5 Å². The molecule has 37 heavy (non-hydrogen) atoms. The second-order valence-electron chi connectivity index (χ2n) is 8.76. The average molecular weight is 515 g/mol. The van der Waals surface area contributed by atoms with E-state index in [1.165, 1.54) is 10.6 Å². The molecule has 0 aromatic heterocycles. The summed E-state index contributed by atoms with van der Waals surface area (Å²) in [6, 6.07) is 35.9. The molecule has 6 nitrogen and oxygen atoms in total. The molecule has 0 heterocycles. The van der Waals surface area contributed by atoms with E-state index in [2.05, 4.69) is 0 Å². The molecule has 0 aliphatic rings. The first-order chi connectivity index (χ1) is 17.9. The predicted molar refractivity (Wildman–Crippen MR) is 147 cm³/mol. The van der Waals surface area contributed by atoms with Crippen molar-refractivity contribution in [2.45, 2.75) is 19.6 Å². The summed E-state index contributed by atoms with van der Waals surface area (Å²) in [5.41, 5.74) is 3.49. The summed E-state index contributed by atoms with van der Waals surface area (Å²) in [6.07, 6.45) is 1.19. The first-order valence-corrected chi connectivity index (χ1v) is 13.8. The fourth-order valence-corrected chi connectivity index (χ4v) is 4.82. The average Bonchev–Trinajstić information content (AvgIpc) is 2.91. The van der Waals surface area contributed by atoms with Crippen LogP contribution in [0.3, 0.4) is 0 Å². The Hall–Kier alpha value is -4.10. The van der Waals surface area contributed by atoms with Crippen molar-refractivity contribution < 1.29 is 17.9 Å². The summed E-state index contributed by atoms with van der Waals surface area (Å²) in [7, 11) is -3.49. The van der Waals surface area contributed by atoms with E-state index in [-0.39, 0.29) is 19.1 Å². The molecule has 190 valence electrons. The lowest BCUT2D eigenvalue weighted by Gasteiger charge is -2.24. The molecular formula is C30H30N2O4S. The van der Waals surface area contributed by atoms with Gasteiger partial charge in [-0.1, -0.05) is 91.0 Å². The van der Waals surface area contributed by atoms with Gasteiger partial charge in [0.05, 0.1) is 18.5 Å². The van der Waals surface area contributed by atoms with Gasteiger partial charge in [-0.2, -0.15) is 0 Å². The first kappa shape index (κ1) is 26.0. The topological polar surface area (TPSA) is 66.9 Å². The summed E-state index contributed by atoms with van der Waals surface area (Å²) in [5.74, 6) is 0.350. The fraction of sp³-hybridized carbons (Fsp3) is 0.167. The summed E-state index contributed by atoms with van der Waals surface area (Å²) >= 11 is 0. The number of benzene rings is 4. The number of nitrogens with zero attached hydrogens (tertiary/aromatic N) is 2. The van der Waals surface area contributed by atoms with Crippen molar-refractivity contribution in [1.29, 1.82) is 0 Å². The molecule has 0 radical (unpaired) electrons. The minimum absolute atomic E-state index is 0.126. The van der Waals surface area contributed by atoms with Crippen LogP contribution in [0.1, 0.15) is 16.7 Å². The third-order valence-corrected chi connectivity index (χ3v) is 6.98. The normalized spacial score (nSPS) is 11.1. The number of amides is 1. The molecule has 0 bridgehead atoms. The van der Waals surface area contributed by atoms with Gasteiger partial charge in [0.25, 0.3) is 5.91 Å². The molecule has 0 aliphatic heterocycles. The Morgan fingerprint density at radius 1 is 0.649 bits per heavy atom. The molecule has 4 aromatic carbocycles. The molecule has 0 fully saturated rings. The predicted octanol–water partition coefficient (Wildman–Crippen LogP) is 5.26. The third-order valence-electron chi connectivity index (χ3n) is 5.84. The van der Waals surface area contributed by atoms with E-state index in [0.29, 0.717) is 24.5 Å². The van der Waals surface area contributed by atoms with Gasteiger partial charge in [-0.05, 0) is 41.0 Å². The van der Waals surface area contributed by atoms with Gasteiger partial charge in [0.2, 0.25) is 10.0 Å². The number of carbonyl (C=O) groups excluding carboxylic acids is 1. The maximum absolute atomic E-state index is 13.1. The van der Waals surface area contributed by atoms with E-state index in [9.17, 15) is 13.2 Å². The van der Waals surface area contributed by atoms with Crippen LogP contribution in [0.4, 0.5) is 5.69 Å². The van der Waals surface area contributed by atoms with Gasteiger partial charge >= 0.3 is 0 Å². The molecule has 0 aliphatic carbocycles. The quantitative estimate of drug-likeness (QED) is 0.274. The fourth-order valence-electron chi connectivity index (χ4n) is 3.93. The Morgan fingerprint density at radius 2 is 1.08 bits per heavy atom. The maximum Gasteiger partial charge on any atom is 0.261 e. The highest BCUT2D eigenvalue weighted by Gasteiger charge is 2.19. The minimum Gasteiger partial charge on any atom is -0.484 e. The van der Waals surface area contributed by atoms with Crippen LogP contribution in [0.25, 0.3) is 0 Å². The van der Waals surface area contributed by atoms with Crippen molar-refractivity contribution in [2.75, 3.05) is 17.2 Å². The monoisotopic (exact) mass is 514 g/mol. The van der Waals surface area contributed by atoms with Crippen LogP contribution >= 0.6 is 0 Å². The van der Waals surface area contributed by atoms with Gasteiger partial charge in [0, 0.05) is 13.1 Å². The lowest BCUT2D eigenvalue weighted by molar-refractivity contribution is -0.134. The zero-order chi connectivity index (χ0) is 26.1. The van der Waals surface area contributed by atoms with Gasteiger partial charge in [-0.3, -0.25) is 9.10 Å². The van der Waals surface area contributed by atoms with Crippen molar-refractivity contribution in [1.82, 2.24) is 4.90 Å². The molecule has 0 atom stereocenters. The Kier molecular flexibility index (Phi) is 8.59. The van der Waals surface area contributed by atoms with E-state index >= 15 is 0 Å². The molecule has 0 saturated heterocycles. The minimum atomic E-state index is -3.49. The van der Waals surface area contributed by atoms with E-state index < -0.39 is 10.0 Å². The lowest BCUT2D eigenvalue weighted by atomic mass is 10.1. The van der Waals surface area contributed by atoms with E-state index in [4.69, 9.17) is 4.74 Å². The van der Waals surface area contributed by atoms with Gasteiger partial charge in [-0.25, -0.2) is 8.42 Å². The highest BCUT2D eigenvalue weighted by molar-refractivity contribution is 7.92. The SMILES string of the molecule is CS(=O)(=O)N(Cc1ccccc1)c1ccc(OCC(=O)N(Cc2ccccc2)Cc2ccccc2)cc1. The molecule has 4 aromatic rings. The largest absolute Gasteiger partial charge is 0.484 e. The zero-order valence-electron chi connectivity index (χ0n) is 20.7. The van der Waals surface area contributed by atoms with E-state index in [0.717, 1.165) is 16.7 Å². The first-order valence-electron chi connectivity index (χ1n) is 12.0. The number of anilines is 1. The molecule has 0 saturated carbocycles. The van der Waals surface area contributed by atoms with Crippen LogP contribution in [0, 0.1) is 0 Å². The molecule has 7 heteroatoms. The van der Waals surface area contributed by atoms with Crippen LogP contribution in [0.2, 0.25) is 0 Å².